The van der Waals surface area contributed by atoms with Gasteiger partial charge in [0.2, 0.25) is 0 Å². The Hall–Kier alpha value is -1.06. The number of carboxylic acid groups (broad SMARTS) is 1. The lowest BCUT2D eigenvalue weighted by molar-refractivity contribution is 0.0695. The summed E-state index contributed by atoms with van der Waals surface area (Å²) in [5.41, 5.74) is 0.990. The molecule has 76 valence electrons. The molecule has 0 aliphatic rings. The normalized spacial score (nSPS) is 12.5. The highest BCUT2D eigenvalue weighted by Crippen LogP contribution is 2.22. The van der Waals surface area contributed by atoms with Crippen LogP contribution in [0.5, 0.6) is 0 Å². The highest BCUT2D eigenvalue weighted by molar-refractivity contribution is 6.30. The molecule has 0 saturated heterocycles. The molecule has 0 radical (unpaired) electrons. The van der Waals surface area contributed by atoms with E-state index in [1.165, 1.54) is 6.07 Å². The number of hydrogen-bond donors (Lipinski definition) is 2. The van der Waals surface area contributed by atoms with Crippen LogP contribution in [-0.4, -0.2) is 18.1 Å². The molecule has 0 aromatic heterocycles. The Labute approximate surface area is 87.7 Å². The number of rotatable bonds is 3. The van der Waals surface area contributed by atoms with Gasteiger partial charge in [-0.1, -0.05) is 11.6 Å². The molecule has 0 bridgehead atoms. The quantitative estimate of drug-likeness (QED) is 0.810. The summed E-state index contributed by atoms with van der Waals surface area (Å²) in [6.07, 6.45) is 0. The van der Waals surface area contributed by atoms with Crippen LogP contribution in [0.25, 0.3) is 0 Å². The maximum atomic E-state index is 10.9. The summed E-state index contributed by atoms with van der Waals surface area (Å²) in [6, 6.07) is 4.75. The van der Waals surface area contributed by atoms with Crippen molar-refractivity contribution < 1.29 is 9.90 Å². The first-order chi connectivity index (χ1) is 6.56. The van der Waals surface area contributed by atoms with E-state index in [1.54, 1.807) is 19.2 Å². The van der Waals surface area contributed by atoms with Gasteiger partial charge in [-0.05, 0) is 37.7 Å². The van der Waals surface area contributed by atoms with E-state index in [1.807, 2.05) is 6.92 Å². The molecule has 0 unspecified atom stereocenters. The van der Waals surface area contributed by atoms with Gasteiger partial charge in [-0.3, -0.25) is 0 Å². The highest BCUT2D eigenvalue weighted by Gasteiger charge is 2.14. The van der Waals surface area contributed by atoms with Crippen molar-refractivity contribution in [3.63, 3.8) is 0 Å². The lowest BCUT2D eigenvalue weighted by Gasteiger charge is -2.13. The number of halogens is 1. The minimum Gasteiger partial charge on any atom is -0.478 e. The van der Waals surface area contributed by atoms with E-state index >= 15 is 0 Å². The summed E-state index contributed by atoms with van der Waals surface area (Å²) in [6.45, 7) is 1.89. The van der Waals surface area contributed by atoms with Crippen molar-refractivity contribution in [2.75, 3.05) is 7.05 Å². The summed E-state index contributed by atoms with van der Waals surface area (Å²) in [7, 11) is 1.78. The highest BCUT2D eigenvalue weighted by atomic mass is 35.5. The van der Waals surface area contributed by atoms with Gasteiger partial charge in [0.25, 0.3) is 0 Å². The Morgan fingerprint density at radius 1 is 1.57 bits per heavy atom. The van der Waals surface area contributed by atoms with Gasteiger partial charge in [0, 0.05) is 11.1 Å². The van der Waals surface area contributed by atoms with Gasteiger partial charge >= 0.3 is 5.97 Å². The lowest BCUT2D eigenvalue weighted by atomic mass is 10.0. The average molecular weight is 214 g/mol. The van der Waals surface area contributed by atoms with Gasteiger partial charge in [0.15, 0.2) is 0 Å². The minimum atomic E-state index is -0.932. The molecular weight excluding hydrogens is 202 g/mol. The topological polar surface area (TPSA) is 49.3 Å². The van der Waals surface area contributed by atoms with E-state index in [2.05, 4.69) is 5.32 Å². The number of aromatic carboxylic acids is 1. The molecule has 1 atom stereocenters. The van der Waals surface area contributed by atoms with Crippen molar-refractivity contribution in [2.45, 2.75) is 13.0 Å². The van der Waals surface area contributed by atoms with Gasteiger partial charge in [-0.25, -0.2) is 4.79 Å². The minimum absolute atomic E-state index is 0.0280. The second kappa shape index (κ2) is 4.44. The molecule has 0 amide bonds. The van der Waals surface area contributed by atoms with Crippen molar-refractivity contribution in [1.82, 2.24) is 5.32 Å². The zero-order valence-electron chi connectivity index (χ0n) is 8.04. The Bertz CT molecular complexity index is 352. The molecule has 3 nitrogen and oxygen atoms in total. The molecule has 2 N–H and O–H groups in total. The lowest BCUT2D eigenvalue weighted by Crippen LogP contribution is -2.16. The first-order valence-electron chi connectivity index (χ1n) is 4.26. The molecule has 1 aromatic rings. The molecule has 0 saturated carbocycles. The van der Waals surface area contributed by atoms with Crippen LogP contribution >= 0.6 is 11.6 Å². The third-order valence-corrected chi connectivity index (χ3v) is 2.38. The molecule has 14 heavy (non-hydrogen) atoms. The predicted molar refractivity (Wildman–Crippen MR) is 55.9 cm³/mol. The van der Waals surface area contributed by atoms with Crippen LogP contribution < -0.4 is 5.32 Å². The van der Waals surface area contributed by atoms with Crippen LogP contribution in [0.3, 0.4) is 0 Å². The zero-order chi connectivity index (χ0) is 10.7. The monoisotopic (exact) mass is 213 g/mol. The maximum absolute atomic E-state index is 10.9. The number of hydrogen-bond acceptors (Lipinski definition) is 2. The van der Waals surface area contributed by atoms with Gasteiger partial charge in [0.1, 0.15) is 0 Å². The maximum Gasteiger partial charge on any atom is 0.336 e. The fourth-order valence-corrected chi connectivity index (χ4v) is 1.42. The van der Waals surface area contributed by atoms with Crippen molar-refractivity contribution in [3.8, 4) is 0 Å². The Morgan fingerprint density at radius 3 is 2.71 bits per heavy atom. The second-order valence-corrected chi connectivity index (χ2v) is 3.48. The summed E-state index contributed by atoms with van der Waals surface area (Å²) in [4.78, 5) is 10.9. The van der Waals surface area contributed by atoms with Gasteiger partial charge in [-0.2, -0.15) is 0 Å². The van der Waals surface area contributed by atoms with Crippen LogP contribution in [0.15, 0.2) is 18.2 Å². The fourth-order valence-electron chi connectivity index (χ4n) is 1.24. The Balaban J connectivity index is 3.22. The smallest absolute Gasteiger partial charge is 0.336 e. The van der Waals surface area contributed by atoms with E-state index in [0.29, 0.717) is 10.6 Å². The summed E-state index contributed by atoms with van der Waals surface area (Å²) < 4.78 is 0. The average Bonchev–Trinajstić information content (AvgIpc) is 2.16. The summed E-state index contributed by atoms with van der Waals surface area (Å²) in [5, 5.41) is 12.5. The fraction of sp³-hybridized carbons (Fsp3) is 0.300. The van der Waals surface area contributed by atoms with Crippen molar-refractivity contribution in [1.29, 1.82) is 0 Å². The third-order valence-electron chi connectivity index (χ3n) is 2.14. The summed E-state index contributed by atoms with van der Waals surface area (Å²) >= 11 is 5.80. The van der Waals surface area contributed by atoms with Crippen molar-refractivity contribution in [2.24, 2.45) is 0 Å². The second-order valence-electron chi connectivity index (χ2n) is 3.05. The van der Waals surface area contributed by atoms with Crippen LogP contribution in [-0.2, 0) is 0 Å². The first-order valence-corrected chi connectivity index (χ1v) is 4.64. The molecule has 0 aliphatic heterocycles. The Morgan fingerprint density at radius 2 is 2.21 bits per heavy atom. The molecule has 0 heterocycles. The van der Waals surface area contributed by atoms with Gasteiger partial charge < -0.3 is 10.4 Å². The molecule has 4 heteroatoms. The predicted octanol–water partition coefficient (Wildman–Crippen LogP) is 2.32. The molecule has 0 spiro atoms. The molecule has 0 aliphatic carbocycles. The van der Waals surface area contributed by atoms with E-state index in [4.69, 9.17) is 16.7 Å². The molecule has 1 aromatic carbocycles. The van der Waals surface area contributed by atoms with E-state index in [0.717, 1.165) is 0 Å². The van der Waals surface area contributed by atoms with Crippen LogP contribution in [0, 0.1) is 0 Å². The van der Waals surface area contributed by atoms with E-state index < -0.39 is 5.97 Å². The number of carboxylic acids is 1. The van der Waals surface area contributed by atoms with E-state index in [9.17, 15) is 4.79 Å². The van der Waals surface area contributed by atoms with E-state index in [-0.39, 0.29) is 11.6 Å². The number of benzene rings is 1. The third kappa shape index (κ3) is 2.25. The van der Waals surface area contributed by atoms with Crippen LogP contribution in [0.1, 0.15) is 28.9 Å². The standard InChI is InChI=1S/C10H12ClNO2/c1-6(12-2)9-5-7(11)3-4-8(9)10(13)14/h3-6,12H,1-2H3,(H,13,14)/t6-/m0/s1. The molecular formula is C10H12ClNO2. The Kier molecular flexibility index (Phi) is 3.49. The first kappa shape index (κ1) is 11.0. The SMILES string of the molecule is CN[C@@H](C)c1cc(Cl)ccc1C(=O)O. The van der Waals surface area contributed by atoms with Crippen molar-refractivity contribution >= 4 is 17.6 Å². The van der Waals surface area contributed by atoms with Crippen LogP contribution in [0.2, 0.25) is 5.02 Å². The largest absolute Gasteiger partial charge is 0.478 e. The van der Waals surface area contributed by atoms with Crippen LogP contribution in [0.4, 0.5) is 0 Å². The summed E-state index contributed by atoms with van der Waals surface area (Å²) in [5.74, 6) is -0.932. The number of nitrogens with one attached hydrogen (secondary N) is 1. The molecule has 1 rings (SSSR count). The zero-order valence-corrected chi connectivity index (χ0v) is 8.80. The van der Waals surface area contributed by atoms with Gasteiger partial charge in [0.05, 0.1) is 5.56 Å². The van der Waals surface area contributed by atoms with Crippen molar-refractivity contribution in [3.05, 3.63) is 34.3 Å². The molecule has 0 fully saturated rings. The van der Waals surface area contributed by atoms with Gasteiger partial charge in [-0.15, -0.1) is 0 Å². The number of carbonyl (C=O) groups is 1.